The fourth-order valence-corrected chi connectivity index (χ4v) is 4.97. The zero-order valence-corrected chi connectivity index (χ0v) is 16.5. The standard InChI is InChI=1S/C20H30N2O3S/c1-14(2)26(24,25)22-19-18(12-13-21-20(19)23)17-10-8-16(9-11-17)15-6-4-3-5-7-15/h8-11,14-15,18-19,22H,3-7,12-13H2,1-2H3,(H,21,23). The van der Waals surface area contributed by atoms with E-state index in [1.54, 1.807) is 13.8 Å². The van der Waals surface area contributed by atoms with Crippen molar-refractivity contribution in [2.45, 2.75) is 75.5 Å². The number of piperidine rings is 1. The summed E-state index contributed by atoms with van der Waals surface area (Å²) < 4.78 is 27.2. The highest BCUT2D eigenvalue weighted by Crippen LogP contribution is 2.34. The van der Waals surface area contributed by atoms with Gasteiger partial charge in [0.1, 0.15) is 6.04 Å². The fraction of sp³-hybridized carbons (Fsp3) is 0.650. The van der Waals surface area contributed by atoms with Crippen molar-refractivity contribution in [2.24, 2.45) is 0 Å². The molecule has 1 saturated heterocycles. The Balaban J connectivity index is 1.79. The highest BCUT2D eigenvalue weighted by molar-refractivity contribution is 7.90. The number of hydrogen-bond acceptors (Lipinski definition) is 3. The Bertz CT molecular complexity index is 722. The van der Waals surface area contributed by atoms with Gasteiger partial charge in [0, 0.05) is 12.5 Å². The van der Waals surface area contributed by atoms with Crippen molar-refractivity contribution in [1.82, 2.24) is 10.0 Å². The molecule has 0 bridgehead atoms. The van der Waals surface area contributed by atoms with Gasteiger partial charge in [-0.2, -0.15) is 0 Å². The van der Waals surface area contributed by atoms with E-state index in [0.29, 0.717) is 12.5 Å². The van der Waals surface area contributed by atoms with E-state index >= 15 is 0 Å². The Kier molecular flexibility index (Phi) is 6.03. The highest BCUT2D eigenvalue weighted by Gasteiger charge is 2.36. The van der Waals surface area contributed by atoms with E-state index in [2.05, 4.69) is 34.3 Å². The first-order valence-corrected chi connectivity index (χ1v) is 11.3. The van der Waals surface area contributed by atoms with E-state index in [4.69, 9.17) is 0 Å². The average molecular weight is 379 g/mol. The molecule has 1 aromatic rings. The van der Waals surface area contributed by atoms with Crippen LogP contribution in [-0.4, -0.2) is 32.2 Å². The summed E-state index contributed by atoms with van der Waals surface area (Å²) in [5, 5.41) is 2.23. The van der Waals surface area contributed by atoms with E-state index in [1.165, 1.54) is 37.7 Å². The molecular formula is C20H30N2O3S. The predicted octanol–water partition coefficient (Wildman–Crippen LogP) is 3.03. The molecule has 1 aromatic carbocycles. The van der Waals surface area contributed by atoms with Crippen LogP contribution in [-0.2, 0) is 14.8 Å². The van der Waals surface area contributed by atoms with Gasteiger partial charge in [-0.25, -0.2) is 13.1 Å². The molecule has 1 saturated carbocycles. The first-order chi connectivity index (χ1) is 12.4. The summed E-state index contributed by atoms with van der Waals surface area (Å²) in [6, 6.07) is 7.78. The first-order valence-electron chi connectivity index (χ1n) is 9.77. The maximum absolute atomic E-state index is 12.4. The molecule has 2 unspecified atom stereocenters. The number of amides is 1. The number of sulfonamides is 1. The first kappa shape index (κ1) is 19.4. The maximum atomic E-state index is 12.4. The lowest BCUT2D eigenvalue weighted by Crippen LogP contribution is -2.55. The zero-order chi connectivity index (χ0) is 18.7. The normalized spacial score (nSPS) is 25.3. The minimum atomic E-state index is -3.51. The van der Waals surface area contributed by atoms with E-state index < -0.39 is 21.3 Å². The smallest absolute Gasteiger partial charge is 0.238 e. The molecule has 0 aromatic heterocycles. The molecule has 26 heavy (non-hydrogen) atoms. The van der Waals surface area contributed by atoms with Crippen LogP contribution in [0.3, 0.4) is 0 Å². The second-order valence-electron chi connectivity index (χ2n) is 7.88. The summed E-state index contributed by atoms with van der Waals surface area (Å²) in [7, 11) is -3.51. The summed E-state index contributed by atoms with van der Waals surface area (Å²) in [5.41, 5.74) is 2.41. The van der Waals surface area contributed by atoms with Crippen LogP contribution in [0.1, 0.15) is 75.3 Å². The van der Waals surface area contributed by atoms with E-state index in [0.717, 1.165) is 12.0 Å². The number of carbonyl (C=O) groups is 1. The molecular weight excluding hydrogens is 348 g/mol. The van der Waals surface area contributed by atoms with Crippen molar-refractivity contribution in [2.75, 3.05) is 6.54 Å². The lowest BCUT2D eigenvalue weighted by Gasteiger charge is -2.32. The molecule has 1 amide bonds. The molecule has 1 heterocycles. The topological polar surface area (TPSA) is 75.3 Å². The minimum absolute atomic E-state index is 0.127. The molecule has 6 heteroatoms. The third-order valence-electron chi connectivity index (χ3n) is 5.79. The quantitative estimate of drug-likeness (QED) is 0.827. The van der Waals surface area contributed by atoms with Gasteiger partial charge in [-0.3, -0.25) is 4.79 Å². The van der Waals surface area contributed by atoms with Crippen molar-refractivity contribution in [3.8, 4) is 0 Å². The van der Waals surface area contributed by atoms with Crippen molar-refractivity contribution >= 4 is 15.9 Å². The van der Waals surface area contributed by atoms with Crippen LogP contribution < -0.4 is 10.0 Å². The van der Waals surface area contributed by atoms with Gasteiger partial charge in [-0.15, -0.1) is 0 Å². The van der Waals surface area contributed by atoms with E-state index in [1.807, 2.05) is 0 Å². The molecule has 0 spiro atoms. The molecule has 1 aliphatic carbocycles. The second kappa shape index (κ2) is 8.09. The number of hydrogen-bond donors (Lipinski definition) is 2. The predicted molar refractivity (Wildman–Crippen MR) is 104 cm³/mol. The Morgan fingerprint density at radius 3 is 2.23 bits per heavy atom. The maximum Gasteiger partial charge on any atom is 0.238 e. The Hall–Kier alpha value is -1.40. The molecule has 0 radical (unpaired) electrons. The van der Waals surface area contributed by atoms with Crippen LogP contribution in [0.25, 0.3) is 0 Å². The zero-order valence-electron chi connectivity index (χ0n) is 15.7. The van der Waals surface area contributed by atoms with E-state index in [-0.39, 0.29) is 11.8 Å². The molecule has 5 nitrogen and oxygen atoms in total. The molecule has 2 atom stereocenters. The molecule has 2 fully saturated rings. The highest BCUT2D eigenvalue weighted by atomic mass is 32.2. The molecule has 2 N–H and O–H groups in total. The molecule has 144 valence electrons. The van der Waals surface area contributed by atoms with Crippen LogP contribution >= 0.6 is 0 Å². The van der Waals surface area contributed by atoms with Gasteiger partial charge in [0.05, 0.1) is 5.25 Å². The van der Waals surface area contributed by atoms with Gasteiger partial charge in [0.25, 0.3) is 0 Å². The Morgan fingerprint density at radius 1 is 1.00 bits per heavy atom. The van der Waals surface area contributed by atoms with Gasteiger partial charge in [0.2, 0.25) is 15.9 Å². The summed E-state index contributed by atoms with van der Waals surface area (Å²) in [6.07, 6.45) is 7.18. The fourth-order valence-electron chi connectivity index (χ4n) is 4.07. The van der Waals surface area contributed by atoms with Crippen LogP contribution in [0.2, 0.25) is 0 Å². The Morgan fingerprint density at radius 2 is 1.62 bits per heavy atom. The minimum Gasteiger partial charge on any atom is -0.355 e. The van der Waals surface area contributed by atoms with Crippen molar-refractivity contribution < 1.29 is 13.2 Å². The largest absolute Gasteiger partial charge is 0.355 e. The number of benzene rings is 1. The van der Waals surface area contributed by atoms with Gasteiger partial charge in [-0.05, 0) is 50.2 Å². The SMILES string of the molecule is CC(C)S(=O)(=O)NC1C(=O)NCCC1c1ccc(C2CCCCC2)cc1. The average Bonchev–Trinajstić information content (AvgIpc) is 2.64. The summed E-state index contributed by atoms with van der Waals surface area (Å²) in [5.74, 6) is 0.280. The summed E-state index contributed by atoms with van der Waals surface area (Å²) in [4.78, 5) is 12.4. The molecule has 1 aliphatic heterocycles. The summed E-state index contributed by atoms with van der Waals surface area (Å²) in [6.45, 7) is 3.82. The monoisotopic (exact) mass is 378 g/mol. The number of rotatable bonds is 5. The lowest BCUT2D eigenvalue weighted by molar-refractivity contribution is -0.124. The number of nitrogens with one attached hydrogen (secondary N) is 2. The van der Waals surface area contributed by atoms with Gasteiger partial charge in [-0.1, -0.05) is 43.5 Å². The van der Waals surface area contributed by atoms with Crippen molar-refractivity contribution in [1.29, 1.82) is 0 Å². The van der Waals surface area contributed by atoms with E-state index in [9.17, 15) is 13.2 Å². The second-order valence-corrected chi connectivity index (χ2v) is 10.1. The third kappa shape index (κ3) is 4.29. The van der Waals surface area contributed by atoms with Crippen LogP contribution in [0.5, 0.6) is 0 Å². The molecule has 3 rings (SSSR count). The Labute approximate surface area is 157 Å². The number of carbonyl (C=O) groups excluding carboxylic acids is 1. The van der Waals surface area contributed by atoms with Crippen LogP contribution in [0, 0.1) is 0 Å². The van der Waals surface area contributed by atoms with Gasteiger partial charge in [0.15, 0.2) is 0 Å². The van der Waals surface area contributed by atoms with Crippen molar-refractivity contribution in [3.05, 3.63) is 35.4 Å². The molecule has 2 aliphatic rings. The summed E-state index contributed by atoms with van der Waals surface area (Å²) >= 11 is 0. The lowest BCUT2D eigenvalue weighted by atomic mass is 9.81. The van der Waals surface area contributed by atoms with Crippen molar-refractivity contribution in [3.63, 3.8) is 0 Å². The van der Waals surface area contributed by atoms with Crippen LogP contribution in [0.4, 0.5) is 0 Å². The van der Waals surface area contributed by atoms with Gasteiger partial charge >= 0.3 is 0 Å². The van der Waals surface area contributed by atoms with Crippen LogP contribution in [0.15, 0.2) is 24.3 Å². The third-order valence-corrected chi connectivity index (χ3v) is 7.62. The van der Waals surface area contributed by atoms with Gasteiger partial charge < -0.3 is 5.32 Å².